The minimum atomic E-state index is -0.595. The third-order valence-electron chi connectivity index (χ3n) is 3.66. The number of rotatable bonds is 1. The summed E-state index contributed by atoms with van der Waals surface area (Å²) in [5.41, 5.74) is 1.17. The molecule has 1 heterocycles. The second kappa shape index (κ2) is 3.32. The predicted molar refractivity (Wildman–Crippen MR) is 63.8 cm³/mol. The lowest BCUT2D eigenvalue weighted by atomic mass is 9.77. The zero-order valence-electron chi connectivity index (χ0n) is 9.69. The summed E-state index contributed by atoms with van der Waals surface area (Å²) in [7, 11) is 0. The van der Waals surface area contributed by atoms with Crippen LogP contribution < -0.4 is 10.2 Å². The molecule has 1 saturated carbocycles. The Morgan fingerprint density at radius 1 is 1.18 bits per heavy atom. The van der Waals surface area contributed by atoms with Gasteiger partial charge in [0, 0.05) is 0 Å². The molecule has 3 amide bonds. The van der Waals surface area contributed by atoms with E-state index in [9.17, 15) is 9.59 Å². The Morgan fingerprint density at radius 2 is 1.82 bits per heavy atom. The van der Waals surface area contributed by atoms with Crippen molar-refractivity contribution in [1.82, 2.24) is 5.32 Å². The second-order valence-corrected chi connectivity index (χ2v) is 4.84. The van der Waals surface area contributed by atoms with E-state index in [0.29, 0.717) is 5.69 Å². The van der Waals surface area contributed by atoms with Crippen molar-refractivity contribution in [1.29, 1.82) is 0 Å². The van der Waals surface area contributed by atoms with Crippen LogP contribution in [0.4, 0.5) is 10.5 Å². The third kappa shape index (κ3) is 1.37. The molecule has 17 heavy (non-hydrogen) atoms. The van der Waals surface area contributed by atoms with Crippen molar-refractivity contribution in [2.24, 2.45) is 0 Å². The molecule has 2 fully saturated rings. The van der Waals surface area contributed by atoms with Gasteiger partial charge in [-0.25, -0.2) is 9.69 Å². The van der Waals surface area contributed by atoms with Crippen LogP contribution in [0.5, 0.6) is 0 Å². The van der Waals surface area contributed by atoms with Gasteiger partial charge in [0.2, 0.25) is 0 Å². The average molecular weight is 230 g/mol. The highest BCUT2D eigenvalue weighted by Crippen LogP contribution is 2.38. The normalized spacial score (nSPS) is 21.6. The first kappa shape index (κ1) is 10.3. The monoisotopic (exact) mass is 230 g/mol. The number of aryl methyl sites for hydroxylation is 1. The summed E-state index contributed by atoms with van der Waals surface area (Å²) in [5, 5.41) is 2.82. The van der Waals surface area contributed by atoms with Crippen LogP contribution in [-0.2, 0) is 4.79 Å². The maximum atomic E-state index is 12.2. The molecule has 88 valence electrons. The summed E-state index contributed by atoms with van der Waals surface area (Å²) in [5.74, 6) is -0.0994. The highest BCUT2D eigenvalue weighted by atomic mass is 16.2. The molecule has 0 radical (unpaired) electrons. The van der Waals surface area contributed by atoms with Crippen LogP contribution in [0, 0.1) is 6.92 Å². The van der Waals surface area contributed by atoms with E-state index in [-0.39, 0.29) is 11.9 Å². The van der Waals surface area contributed by atoms with Gasteiger partial charge >= 0.3 is 6.03 Å². The molecule has 1 aliphatic carbocycles. The van der Waals surface area contributed by atoms with Gasteiger partial charge in [-0.05, 0) is 38.3 Å². The minimum absolute atomic E-state index is 0.0994. The number of amides is 3. The Kier molecular flexibility index (Phi) is 2.02. The lowest BCUT2D eigenvalue weighted by molar-refractivity contribution is -0.124. The van der Waals surface area contributed by atoms with Crippen LogP contribution in [0.15, 0.2) is 24.3 Å². The summed E-state index contributed by atoms with van der Waals surface area (Å²) in [6, 6.07) is 7.14. The number of hydrogen-bond donors (Lipinski definition) is 1. The number of urea groups is 1. The molecule has 0 aromatic heterocycles. The highest BCUT2D eigenvalue weighted by Gasteiger charge is 2.55. The summed E-state index contributed by atoms with van der Waals surface area (Å²) < 4.78 is 0. The van der Waals surface area contributed by atoms with E-state index >= 15 is 0 Å². The number of nitrogens with zero attached hydrogens (tertiary/aromatic N) is 1. The lowest BCUT2D eigenvalue weighted by Gasteiger charge is -2.34. The van der Waals surface area contributed by atoms with Crippen molar-refractivity contribution in [3.05, 3.63) is 29.8 Å². The fourth-order valence-electron chi connectivity index (χ4n) is 2.42. The van der Waals surface area contributed by atoms with Crippen LogP contribution in [0.25, 0.3) is 0 Å². The smallest absolute Gasteiger partial charge is 0.323 e. The van der Waals surface area contributed by atoms with Crippen molar-refractivity contribution in [3.63, 3.8) is 0 Å². The Labute approximate surface area is 99.6 Å². The largest absolute Gasteiger partial charge is 0.329 e. The SMILES string of the molecule is Cc1ccc(N2C(=O)NC3(CCC3)C2=O)cc1. The number of carbonyl (C=O) groups excluding carboxylic acids is 2. The molecule has 1 aliphatic heterocycles. The molecular weight excluding hydrogens is 216 g/mol. The maximum absolute atomic E-state index is 12.2. The standard InChI is InChI=1S/C13H14N2O2/c1-9-3-5-10(6-4-9)15-11(16)13(7-2-8-13)14-12(15)17/h3-6H,2,7-8H2,1H3,(H,14,17). The first-order valence-corrected chi connectivity index (χ1v) is 5.86. The summed E-state index contributed by atoms with van der Waals surface area (Å²) >= 11 is 0. The van der Waals surface area contributed by atoms with E-state index in [4.69, 9.17) is 0 Å². The number of nitrogens with one attached hydrogen (secondary N) is 1. The van der Waals surface area contributed by atoms with Gasteiger partial charge in [-0.2, -0.15) is 0 Å². The minimum Gasteiger partial charge on any atom is -0.323 e. The van der Waals surface area contributed by atoms with Gasteiger partial charge in [0.25, 0.3) is 5.91 Å². The molecule has 1 aromatic rings. The number of anilines is 1. The van der Waals surface area contributed by atoms with Crippen LogP contribution in [0.2, 0.25) is 0 Å². The molecule has 1 aromatic carbocycles. The molecule has 1 spiro atoms. The van der Waals surface area contributed by atoms with Crippen molar-refractivity contribution in [2.45, 2.75) is 31.7 Å². The van der Waals surface area contributed by atoms with Gasteiger partial charge < -0.3 is 5.32 Å². The van der Waals surface area contributed by atoms with E-state index in [1.54, 1.807) is 0 Å². The van der Waals surface area contributed by atoms with Crippen molar-refractivity contribution < 1.29 is 9.59 Å². The van der Waals surface area contributed by atoms with Crippen LogP contribution in [0.1, 0.15) is 24.8 Å². The quantitative estimate of drug-likeness (QED) is 0.750. The Hall–Kier alpha value is -1.84. The fourth-order valence-corrected chi connectivity index (χ4v) is 2.42. The number of benzene rings is 1. The van der Waals surface area contributed by atoms with Gasteiger partial charge in [-0.3, -0.25) is 4.79 Å². The van der Waals surface area contributed by atoms with Gasteiger partial charge in [-0.1, -0.05) is 17.7 Å². The van der Waals surface area contributed by atoms with E-state index < -0.39 is 5.54 Å². The third-order valence-corrected chi connectivity index (χ3v) is 3.66. The zero-order chi connectivity index (χ0) is 12.0. The van der Waals surface area contributed by atoms with Gasteiger partial charge in [0.05, 0.1) is 5.69 Å². The van der Waals surface area contributed by atoms with Crippen LogP contribution >= 0.6 is 0 Å². The van der Waals surface area contributed by atoms with Gasteiger partial charge in [0.1, 0.15) is 5.54 Å². The van der Waals surface area contributed by atoms with Gasteiger partial charge in [-0.15, -0.1) is 0 Å². The maximum Gasteiger partial charge on any atom is 0.329 e. The summed E-state index contributed by atoms with van der Waals surface area (Å²) in [6.07, 6.45) is 2.54. The van der Waals surface area contributed by atoms with Crippen LogP contribution in [0.3, 0.4) is 0 Å². The van der Waals surface area contributed by atoms with E-state index in [1.807, 2.05) is 31.2 Å². The molecular formula is C13H14N2O2. The van der Waals surface area contributed by atoms with Crippen molar-refractivity contribution in [2.75, 3.05) is 4.90 Å². The highest BCUT2D eigenvalue weighted by molar-refractivity contribution is 6.23. The second-order valence-electron chi connectivity index (χ2n) is 4.84. The van der Waals surface area contributed by atoms with Gasteiger partial charge in [0.15, 0.2) is 0 Å². The Bertz CT molecular complexity index is 489. The molecule has 0 atom stereocenters. The van der Waals surface area contributed by atoms with E-state index in [1.165, 1.54) is 4.90 Å². The van der Waals surface area contributed by atoms with Crippen LogP contribution in [-0.4, -0.2) is 17.5 Å². The van der Waals surface area contributed by atoms with Crippen molar-refractivity contribution >= 4 is 17.6 Å². The average Bonchev–Trinajstić information content (AvgIpc) is 2.52. The topological polar surface area (TPSA) is 49.4 Å². The lowest BCUT2D eigenvalue weighted by Crippen LogP contribution is -2.52. The Morgan fingerprint density at radius 3 is 2.29 bits per heavy atom. The number of imide groups is 1. The molecule has 1 saturated heterocycles. The van der Waals surface area contributed by atoms with E-state index in [2.05, 4.69) is 5.32 Å². The number of hydrogen-bond acceptors (Lipinski definition) is 2. The molecule has 1 N–H and O–H groups in total. The fraction of sp³-hybridized carbons (Fsp3) is 0.385. The molecule has 0 bridgehead atoms. The zero-order valence-corrected chi connectivity index (χ0v) is 9.69. The molecule has 0 unspecified atom stereocenters. The number of carbonyl (C=O) groups is 2. The Balaban J connectivity index is 1.95. The molecule has 2 aliphatic rings. The summed E-state index contributed by atoms with van der Waals surface area (Å²) in [4.78, 5) is 25.4. The summed E-state index contributed by atoms with van der Waals surface area (Å²) in [6.45, 7) is 1.98. The van der Waals surface area contributed by atoms with Crippen molar-refractivity contribution in [3.8, 4) is 0 Å². The molecule has 4 heteroatoms. The van der Waals surface area contributed by atoms with E-state index in [0.717, 1.165) is 24.8 Å². The molecule has 3 rings (SSSR count). The first-order valence-electron chi connectivity index (χ1n) is 5.86. The molecule has 4 nitrogen and oxygen atoms in total. The first-order chi connectivity index (χ1) is 8.12. The predicted octanol–water partition coefficient (Wildman–Crippen LogP) is 1.97.